The Bertz CT molecular complexity index is 586. The maximum atomic E-state index is 11.7. The zero-order valence-electron chi connectivity index (χ0n) is 12.1. The Morgan fingerprint density at radius 2 is 1.62 bits per heavy atom. The van der Waals surface area contributed by atoms with Crippen molar-refractivity contribution in [3.05, 3.63) is 47.6 Å². The molecule has 110 valence electrons. The molecule has 0 N–H and O–H groups in total. The van der Waals surface area contributed by atoms with Gasteiger partial charge in [-0.1, -0.05) is 24.3 Å². The molecule has 0 saturated carbocycles. The average molecular weight is 288 g/mol. The molecule has 1 aromatic rings. The van der Waals surface area contributed by atoms with E-state index in [0.717, 1.165) is 11.3 Å². The van der Waals surface area contributed by atoms with Crippen molar-refractivity contribution in [2.24, 2.45) is 0 Å². The van der Waals surface area contributed by atoms with Crippen LogP contribution in [0.15, 0.2) is 42.0 Å². The van der Waals surface area contributed by atoms with Crippen LogP contribution in [0.1, 0.15) is 19.4 Å². The summed E-state index contributed by atoms with van der Waals surface area (Å²) >= 11 is 0. The normalized spacial score (nSPS) is 17.4. The van der Waals surface area contributed by atoms with E-state index < -0.39 is 17.7 Å². The minimum atomic E-state index is -1.22. The summed E-state index contributed by atoms with van der Waals surface area (Å²) in [7, 11) is 1.59. The van der Waals surface area contributed by atoms with Gasteiger partial charge in [0.2, 0.25) is 0 Å². The van der Waals surface area contributed by atoms with Gasteiger partial charge in [-0.2, -0.15) is 0 Å². The Kier molecular flexibility index (Phi) is 4.12. The Morgan fingerprint density at radius 1 is 1.05 bits per heavy atom. The van der Waals surface area contributed by atoms with E-state index in [4.69, 9.17) is 14.2 Å². The number of rotatable bonds is 3. The molecule has 5 nitrogen and oxygen atoms in total. The van der Waals surface area contributed by atoms with E-state index in [1.165, 1.54) is 19.9 Å². The number of allylic oxidation sites excluding steroid dienone is 2. The first-order chi connectivity index (χ1) is 9.91. The second kappa shape index (κ2) is 5.83. The largest absolute Gasteiger partial charge is 0.497 e. The molecule has 1 aromatic carbocycles. The Labute approximate surface area is 122 Å². The van der Waals surface area contributed by atoms with E-state index in [9.17, 15) is 9.59 Å². The highest BCUT2D eigenvalue weighted by molar-refractivity contribution is 6.15. The van der Waals surface area contributed by atoms with Crippen LogP contribution >= 0.6 is 0 Å². The molecule has 0 radical (unpaired) electrons. The highest BCUT2D eigenvalue weighted by atomic mass is 16.7. The molecule has 0 atom stereocenters. The second-order valence-electron chi connectivity index (χ2n) is 4.89. The Balaban J connectivity index is 2.11. The van der Waals surface area contributed by atoms with Gasteiger partial charge in [-0.15, -0.1) is 0 Å². The maximum absolute atomic E-state index is 11.7. The van der Waals surface area contributed by atoms with E-state index in [2.05, 4.69) is 0 Å². The average Bonchev–Trinajstić information content (AvgIpc) is 2.41. The molecule has 1 heterocycles. The standard InChI is InChI=1S/C16H16O5/c1-16(2)20-14(17)13(15(18)21-16)6-4-5-11-7-9-12(19-3)10-8-11/h4-10H,1-3H3. The molecule has 1 saturated heterocycles. The zero-order chi connectivity index (χ0) is 15.5. The van der Waals surface area contributed by atoms with Gasteiger partial charge in [0, 0.05) is 13.8 Å². The first-order valence-corrected chi connectivity index (χ1v) is 6.40. The topological polar surface area (TPSA) is 61.8 Å². The molecule has 1 fully saturated rings. The molecule has 0 spiro atoms. The summed E-state index contributed by atoms with van der Waals surface area (Å²) in [4.78, 5) is 23.4. The SMILES string of the molecule is COc1ccc(C=CC=C2C(=O)OC(C)(C)OC2=O)cc1. The molecule has 0 aliphatic carbocycles. The first kappa shape index (κ1) is 14.8. The minimum Gasteiger partial charge on any atom is -0.497 e. The number of carbonyl (C=O) groups excluding carboxylic acids is 2. The quantitative estimate of drug-likeness (QED) is 0.486. The summed E-state index contributed by atoms with van der Waals surface area (Å²) in [6.07, 6.45) is 4.73. The lowest BCUT2D eigenvalue weighted by atomic mass is 10.1. The monoisotopic (exact) mass is 288 g/mol. The van der Waals surface area contributed by atoms with Crippen molar-refractivity contribution < 1.29 is 23.8 Å². The Hall–Kier alpha value is -2.56. The summed E-state index contributed by atoms with van der Waals surface area (Å²) in [6, 6.07) is 7.35. The Morgan fingerprint density at radius 3 is 2.14 bits per heavy atom. The molecule has 0 bridgehead atoms. The van der Waals surface area contributed by atoms with Crippen molar-refractivity contribution in [1.29, 1.82) is 0 Å². The minimum absolute atomic E-state index is 0.126. The molecular weight excluding hydrogens is 272 g/mol. The van der Waals surface area contributed by atoms with E-state index in [0.29, 0.717) is 0 Å². The fourth-order valence-corrected chi connectivity index (χ4v) is 1.77. The predicted molar refractivity (Wildman–Crippen MR) is 76.4 cm³/mol. The van der Waals surface area contributed by atoms with Crippen molar-refractivity contribution in [1.82, 2.24) is 0 Å². The van der Waals surface area contributed by atoms with Gasteiger partial charge in [0.15, 0.2) is 0 Å². The van der Waals surface area contributed by atoms with Gasteiger partial charge >= 0.3 is 11.9 Å². The highest BCUT2D eigenvalue weighted by Crippen LogP contribution is 2.22. The van der Waals surface area contributed by atoms with Crippen LogP contribution in [0.25, 0.3) is 6.08 Å². The van der Waals surface area contributed by atoms with Gasteiger partial charge in [-0.25, -0.2) is 9.59 Å². The summed E-state index contributed by atoms with van der Waals surface area (Å²) < 4.78 is 15.0. The van der Waals surface area contributed by atoms with Gasteiger partial charge in [-0.3, -0.25) is 0 Å². The van der Waals surface area contributed by atoms with Crippen LogP contribution in [-0.2, 0) is 19.1 Å². The smallest absolute Gasteiger partial charge is 0.348 e. The number of benzene rings is 1. The van der Waals surface area contributed by atoms with Gasteiger partial charge in [-0.05, 0) is 23.8 Å². The number of esters is 2. The van der Waals surface area contributed by atoms with Gasteiger partial charge in [0.25, 0.3) is 5.79 Å². The fourth-order valence-electron chi connectivity index (χ4n) is 1.77. The highest BCUT2D eigenvalue weighted by Gasteiger charge is 2.38. The summed E-state index contributed by atoms with van der Waals surface area (Å²) in [5.74, 6) is -1.83. The van der Waals surface area contributed by atoms with E-state index in [1.807, 2.05) is 24.3 Å². The van der Waals surface area contributed by atoms with Crippen molar-refractivity contribution in [3.63, 3.8) is 0 Å². The van der Waals surface area contributed by atoms with Crippen LogP contribution < -0.4 is 4.74 Å². The van der Waals surface area contributed by atoms with Gasteiger partial charge in [0.1, 0.15) is 11.3 Å². The lowest BCUT2D eigenvalue weighted by Crippen LogP contribution is -2.41. The van der Waals surface area contributed by atoms with Crippen molar-refractivity contribution in [2.75, 3.05) is 7.11 Å². The van der Waals surface area contributed by atoms with Crippen molar-refractivity contribution in [2.45, 2.75) is 19.6 Å². The fraction of sp³-hybridized carbons (Fsp3) is 0.250. The van der Waals surface area contributed by atoms with Crippen molar-refractivity contribution >= 4 is 18.0 Å². The lowest BCUT2D eigenvalue weighted by molar-refractivity contribution is -0.222. The first-order valence-electron chi connectivity index (χ1n) is 6.40. The van der Waals surface area contributed by atoms with E-state index in [-0.39, 0.29) is 5.57 Å². The van der Waals surface area contributed by atoms with Crippen molar-refractivity contribution in [3.8, 4) is 5.75 Å². The number of cyclic esters (lactones) is 2. The molecule has 21 heavy (non-hydrogen) atoms. The van der Waals surface area contributed by atoms with Crippen LogP contribution in [-0.4, -0.2) is 24.8 Å². The second-order valence-corrected chi connectivity index (χ2v) is 4.89. The molecule has 1 aliphatic heterocycles. The summed E-state index contributed by atoms with van der Waals surface area (Å²) in [5.41, 5.74) is 0.782. The number of carbonyl (C=O) groups is 2. The van der Waals surface area contributed by atoms with E-state index in [1.54, 1.807) is 19.3 Å². The third-order valence-electron chi connectivity index (χ3n) is 2.78. The number of methoxy groups -OCH3 is 1. The van der Waals surface area contributed by atoms with Gasteiger partial charge in [0.05, 0.1) is 7.11 Å². The van der Waals surface area contributed by atoms with Crippen LogP contribution in [0.5, 0.6) is 5.75 Å². The maximum Gasteiger partial charge on any atom is 0.348 e. The van der Waals surface area contributed by atoms with Crippen LogP contribution in [0.3, 0.4) is 0 Å². The molecule has 0 unspecified atom stereocenters. The van der Waals surface area contributed by atoms with Crippen LogP contribution in [0.2, 0.25) is 0 Å². The molecule has 5 heteroatoms. The molecule has 0 amide bonds. The lowest BCUT2D eigenvalue weighted by Gasteiger charge is -2.29. The number of ether oxygens (including phenoxy) is 3. The third-order valence-corrected chi connectivity index (χ3v) is 2.78. The molecular formula is C16H16O5. The molecule has 1 aliphatic rings. The number of hydrogen-bond acceptors (Lipinski definition) is 5. The number of hydrogen-bond donors (Lipinski definition) is 0. The molecule has 0 aromatic heterocycles. The van der Waals surface area contributed by atoms with E-state index >= 15 is 0 Å². The summed E-state index contributed by atoms with van der Waals surface area (Å²) in [6.45, 7) is 3.01. The van der Waals surface area contributed by atoms with Crippen LogP contribution in [0, 0.1) is 0 Å². The molecule has 2 rings (SSSR count). The zero-order valence-corrected chi connectivity index (χ0v) is 12.1. The van der Waals surface area contributed by atoms with Crippen LogP contribution in [0.4, 0.5) is 0 Å². The third kappa shape index (κ3) is 3.72. The predicted octanol–water partition coefficient (Wildman–Crippen LogP) is 2.47. The van der Waals surface area contributed by atoms with Gasteiger partial charge < -0.3 is 14.2 Å². The summed E-state index contributed by atoms with van der Waals surface area (Å²) in [5, 5.41) is 0.